The third-order valence-electron chi connectivity index (χ3n) is 4.51. The summed E-state index contributed by atoms with van der Waals surface area (Å²) in [5, 5.41) is 3.25. The molecule has 3 heterocycles. The Morgan fingerprint density at radius 1 is 1.25 bits per heavy atom. The number of hydrogen-bond donors (Lipinski definition) is 2. The van der Waals surface area contributed by atoms with Crippen LogP contribution in [0.4, 0.5) is 17.5 Å². The Morgan fingerprint density at radius 2 is 1.97 bits per heavy atom. The predicted molar refractivity (Wildman–Crippen MR) is 127 cm³/mol. The summed E-state index contributed by atoms with van der Waals surface area (Å²) in [7, 11) is -2.45. The minimum absolute atomic E-state index is 0.0938. The van der Waals surface area contributed by atoms with E-state index in [4.69, 9.17) is 15.5 Å². The van der Waals surface area contributed by atoms with Gasteiger partial charge in [0.25, 0.3) is 5.91 Å². The molecule has 1 fully saturated rings. The summed E-state index contributed by atoms with van der Waals surface area (Å²) in [5.41, 5.74) is 5.88. The topological polar surface area (TPSA) is 136 Å². The molecule has 2 aromatic heterocycles. The van der Waals surface area contributed by atoms with Crippen molar-refractivity contribution in [3.8, 4) is 11.4 Å². The number of nitrogens with one attached hydrogen (secondary N) is 1. The van der Waals surface area contributed by atoms with E-state index in [1.165, 1.54) is 0 Å². The smallest absolute Gasteiger partial charge is 0.267 e. The largest absolute Gasteiger partial charge is 0.377 e. The molecule has 2 aromatic rings. The van der Waals surface area contributed by atoms with Gasteiger partial charge in [0.05, 0.1) is 19.3 Å². The van der Waals surface area contributed by atoms with E-state index >= 15 is 0 Å². The normalized spacial score (nSPS) is 17.2. The zero-order chi connectivity index (χ0) is 23.7. The molecule has 1 saturated heterocycles. The fourth-order valence-corrected chi connectivity index (χ4v) is 3.82. The van der Waals surface area contributed by atoms with Crippen LogP contribution in [0.3, 0.4) is 0 Å². The summed E-state index contributed by atoms with van der Waals surface area (Å²) in [5.74, 6) is 1.12. The predicted octanol–water partition coefficient (Wildman–Crippen LogP) is 2.43. The second-order valence-corrected chi connectivity index (χ2v) is 11.7. The van der Waals surface area contributed by atoms with Crippen molar-refractivity contribution in [2.24, 2.45) is 10.1 Å². The van der Waals surface area contributed by atoms with E-state index in [0.717, 1.165) is 0 Å². The first-order valence-electron chi connectivity index (χ1n) is 10.3. The molecule has 11 heteroatoms. The highest BCUT2D eigenvalue weighted by atomic mass is 32.2. The Morgan fingerprint density at radius 3 is 2.56 bits per heavy atom. The average molecular weight is 462 g/mol. The molecule has 0 spiro atoms. The molecule has 0 unspecified atom stereocenters. The fraction of sp³-hybridized carbons (Fsp3) is 0.524. The number of carbonyl (C=O) groups excluding carboxylic acids is 1. The van der Waals surface area contributed by atoms with Gasteiger partial charge in [-0.25, -0.2) is 19.2 Å². The number of pyridine rings is 1. The van der Waals surface area contributed by atoms with Gasteiger partial charge in [0.1, 0.15) is 17.3 Å². The first-order valence-corrected chi connectivity index (χ1v) is 12.6. The van der Waals surface area contributed by atoms with Gasteiger partial charge in [0, 0.05) is 46.0 Å². The highest BCUT2D eigenvalue weighted by Crippen LogP contribution is 2.28. The van der Waals surface area contributed by atoms with Gasteiger partial charge in [-0.2, -0.15) is 4.36 Å². The number of nitrogens with two attached hydrogens (primary N) is 1. The van der Waals surface area contributed by atoms with Gasteiger partial charge in [-0.05, 0) is 39.8 Å². The molecule has 1 amide bonds. The minimum Gasteiger partial charge on any atom is -0.377 e. The van der Waals surface area contributed by atoms with Crippen LogP contribution in [0.5, 0.6) is 0 Å². The summed E-state index contributed by atoms with van der Waals surface area (Å²) in [6, 6.07) is 5.14. The van der Waals surface area contributed by atoms with Gasteiger partial charge >= 0.3 is 0 Å². The van der Waals surface area contributed by atoms with Crippen molar-refractivity contribution in [2.75, 3.05) is 42.5 Å². The number of morpholine rings is 1. The first kappa shape index (κ1) is 23.9. The van der Waals surface area contributed by atoms with Crippen LogP contribution >= 0.6 is 0 Å². The van der Waals surface area contributed by atoms with Crippen molar-refractivity contribution in [2.45, 2.75) is 39.3 Å². The molecule has 1 aliphatic rings. The number of primary amides is 1. The van der Waals surface area contributed by atoms with E-state index < -0.39 is 15.6 Å². The monoisotopic (exact) mass is 461 g/mol. The van der Waals surface area contributed by atoms with Crippen LogP contribution in [-0.2, 0) is 14.5 Å². The van der Waals surface area contributed by atoms with E-state index in [1.54, 1.807) is 30.7 Å². The van der Waals surface area contributed by atoms with Crippen LogP contribution in [0.15, 0.2) is 22.6 Å². The molecule has 0 bridgehead atoms. The number of ether oxygens (including phenoxy) is 1. The highest BCUT2D eigenvalue weighted by molar-refractivity contribution is 7.92. The van der Waals surface area contributed by atoms with Gasteiger partial charge in [-0.3, -0.25) is 4.79 Å². The summed E-state index contributed by atoms with van der Waals surface area (Å²) in [4.78, 5) is 27.6. The Balaban J connectivity index is 2.19. The van der Waals surface area contributed by atoms with Gasteiger partial charge in [-0.15, -0.1) is 0 Å². The number of anilines is 2. The maximum atomic E-state index is 12.4. The molecule has 10 nitrogen and oxygen atoms in total. The molecular formula is C21H31N7O3S. The summed E-state index contributed by atoms with van der Waals surface area (Å²) < 4.78 is 22.2. The van der Waals surface area contributed by atoms with Crippen LogP contribution < -0.4 is 16.0 Å². The quantitative estimate of drug-likeness (QED) is 0.693. The molecule has 3 rings (SSSR count). The Bertz CT molecular complexity index is 1130. The third-order valence-corrected chi connectivity index (χ3v) is 5.14. The number of nitrogens with zero attached hydrogens (tertiary/aromatic N) is 5. The number of rotatable bonds is 5. The zero-order valence-corrected chi connectivity index (χ0v) is 20.2. The van der Waals surface area contributed by atoms with Gasteiger partial charge in [-0.1, -0.05) is 0 Å². The average Bonchev–Trinajstić information content (AvgIpc) is 2.65. The van der Waals surface area contributed by atoms with Crippen molar-refractivity contribution in [1.82, 2.24) is 15.0 Å². The van der Waals surface area contributed by atoms with Crippen molar-refractivity contribution in [3.05, 3.63) is 23.9 Å². The minimum atomic E-state index is -2.45. The Hall–Kier alpha value is -2.79. The second-order valence-electron chi connectivity index (χ2n) is 9.16. The second kappa shape index (κ2) is 8.99. The van der Waals surface area contributed by atoms with Crippen molar-refractivity contribution in [3.63, 3.8) is 0 Å². The molecule has 0 radical (unpaired) electrons. The molecule has 0 saturated carbocycles. The maximum Gasteiger partial charge on any atom is 0.267 e. The van der Waals surface area contributed by atoms with Crippen molar-refractivity contribution in [1.29, 1.82) is 0 Å². The molecule has 1 aliphatic heterocycles. The summed E-state index contributed by atoms with van der Waals surface area (Å²) in [6.07, 6.45) is 3.10. The zero-order valence-electron chi connectivity index (χ0n) is 19.4. The summed E-state index contributed by atoms with van der Waals surface area (Å²) >= 11 is 0. The third kappa shape index (κ3) is 6.36. The maximum absolute atomic E-state index is 12.4. The molecule has 0 aromatic carbocycles. The van der Waals surface area contributed by atoms with Crippen LogP contribution in [-0.4, -0.2) is 68.9 Å². The lowest BCUT2D eigenvalue weighted by molar-refractivity contribution is 0.0985. The standard InChI is InChI=1S/C21H31N7O3S/c1-13-12-31-8-7-28(13)18-11-17(27-32(5,6)30)24-20(25-18)14-9-15(19(22)29)23-16(10-14)26-21(2,3)4/h9-11,13H,7-8,12H2,1-6H3,(H2,22,29)(H,23,26)/t13-/m1/s1. The molecular weight excluding hydrogens is 430 g/mol. The highest BCUT2D eigenvalue weighted by Gasteiger charge is 2.23. The van der Waals surface area contributed by atoms with E-state index in [9.17, 15) is 9.00 Å². The van der Waals surface area contributed by atoms with Crippen LogP contribution in [0.2, 0.25) is 0 Å². The molecule has 0 aliphatic carbocycles. The van der Waals surface area contributed by atoms with Crippen LogP contribution in [0, 0.1) is 0 Å². The Labute approximate surface area is 189 Å². The van der Waals surface area contributed by atoms with Crippen LogP contribution in [0.1, 0.15) is 38.2 Å². The number of carbonyl (C=O) groups is 1. The molecule has 32 heavy (non-hydrogen) atoms. The lowest BCUT2D eigenvalue weighted by atomic mass is 10.1. The van der Waals surface area contributed by atoms with Crippen molar-refractivity contribution < 1.29 is 13.7 Å². The van der Waals surface area contributed by atoms with Gasteiger partial charge in [0.15, 0.2) is 11.6 Å². The molecule has 3 N–H and O–H groups in total. The number of amides is 1. The van der Waals surface area contributed by atoms with Crippen LogP contribution in [0.25, 0.3) is 11.4 Å². The molecule has 174 valence electrons. The lowest BCUT2D eigenvalue weighted by Crippen LogP contribution is -2.44. The summed E-state index contributed by atoms with van der Waals surface area (Å²) in [6.45, 7) is 9.81. The first-order chi connectivity index (χ1) is 14.8. The molecule has 1 atom stereocenters. The van der Waals surface area contributed by atoms with Gasteiger partial charge < -0.3 is 20.7 Å². The van der Waals surface area contributed by atoms with E-state index in [-0.39, 0.29) is 17.3 Å². The number of aromatic nitrogens is 3. The van der Waals surface area contributed by atoms with E-state index in [1.807, 2.05) is 27.7 Å². The van der Waals surface area contributed by atoms with E-state index in [2.05, 4.69) is 24.5 Å². The van der Waals surface area contributed by atoms with Crippen molar-refractivity contribution >= 4 is 33.1 Å². The Kier molecular flexibility index (Phi) is 6.70. The fourth-order valence-electron chi connectivity index (χ4n) is 3.27. The van der Waals surface area contributed by atoms with Gasteiger partial charge in [0.2, 0.25) is 0 Å². The number of hydrogen-bond acceptors (Lipinski definition) is 9. The van der Waals surface area contributed by atoms with E-state index in [0.29, 0.717) is 48.6 Å². The SMILES string of the molecule is C[C@@H]1COCCN1c1cc(N=S(C)(C)=O)nc(-c2cc(NC(C)(C)C)nc(C(N)=O)c2)n1. The lowest BCUT2D eigenvalue weighted by Gasteiger charge is -2.34.